The summed E-state index contributed by atoms with van der Waals surface area (Å²) in [6.45, 7) is 4.35. The number of aliphatic imine (C=N–C) groups is 1. The van der Waals surface area contributed by atoms with Gasteiger partial charge in [-0.2, -0.15) is 0 Å². The molecule has 0 fully saturated rings. The van der Waals surface area contributed by atoms with Crippen LogP contribution < -0.4 is 55.3 Å². The van der Waals surface area contributed by atoms with E-state index in [0.29, 0.717) is 37.1 Å². The molecule has 314 valence electrons. The molecule has 0 unspecified atom stereocenters. The quantitative estimate of drug-likeness (QED) is 0.0260. The zero-order valence-electron chi connectivity index (χ0n) is 33.3. The maximum absolute atomic E-state index is 14.0. The number of guanidine groups is 1. The van der Waals surface area contributed by atoms with Crippen LogP contribution >= 0.6 is 0 Å². The lowest BCUT2D eigenvalue weighted by Gasteiger charge is -2.26. The number of unbranched alkanes of at least 4 members (excludes halogenated alkanes) is 1. The van der Waals surface area contributed by atoms with Crippen LogP contribution in [0.5, 0.6) is 5.75 Å². The van der Waals surface area contributed by atoms with E-state index < -0.39 is 53.7 Å². The topological polar surface area (TPSA) is 308 Å². The lowest BCUT2D eigenvalue weighted by molar-refractivity contribution is -0.134. The molecule has 17 nitrogen and oxygen atoms in total. The summed E-state index contributed by atoms with van der Waals surface area (Å²) < 4.78 is 0. The Morgan fingerprint density at radius 3 is 1.93 bits per heavy atom. The summed E-state index contributed by atoms with van der Waals surface area (Å²) in [6, 6.07) is 14.5. The van der Waals surface area contributed by atoms with Crippen LogP contribution in [0.3, 0.4) is 0 Å². The molecule has 58 heavy (non-hydrogen) atoms. The van der Waals surface area contributed by atoms with Gasteiger partial charge >= 0.3 is 0 Å². The second-order valence-electron chi connectivity index (χ2n) is 14.1. The average molecular weight is 802 g/mol. The van der Waals surface area contributed by atoms with Crippen molar-refractivity contribution in [2.45, 2.75) is 83.0 Å². The number of nitrogen functional groups attached to an aromatic ring is 1. The number of benzene rings is 3. The van der Waals surface area contributed by atoms with Crippen molar-refractivity contribution in [1.82, 2.24) is 26.6 Å². The van der Waals surface area contributed by atoms with Crippen LogP contribution in [-0.4, -0.2) is 90.9 Å². The summed E-state index contributed by atoms with van der Waals surface area (Å²) in [4.78, 5) is 71.6. The highest BCUT2D eigenvalue weighted by molar-refractivity contribution is 5.99. The van der Waals surface area contributed by atoms with Crippen molar-refractivity contribution in [3.8, 4) is 5.75 Å². The van der Waals surface area contributed by atoms with E-state index in [1.807, 2.05) is 6.07 Å². The molecule has 0 saturated carbocycles. The van der Waals surface area contributed by atoms with Gasteiger partial charge in [0.2, 0.25) is 23.6 Å². The van der Waals surface area contributed by atoms with Gasteiger partial charge in [-0.3, -0.25) is 29.0 Å². The Morgan fingerprint density at radius 2 is 1.28 bits per heavy atom. The Morgan fingerprint density at radius 1 is 0.707 bits per heavy atom. The number of hydrogen-bond acceptors (Lipinski definition) is 10. The maximum Gasteiger partial charge on any atom is 0.253 e. The number of para-hydroxylation sites is 1. The highest BCUT2D eigenvalue weighted by Crippen LogP contribution is 2.22. The molecule has 0 aliphatic carbocycles. The van der Waals surface area contributed by atoms with Crippen molar-refractivity contribution in [2.24, 2.45) is 27.9 Å². The first-order valence-corrected chi connectivity index (χ1v) is 19.4. The molecule has 17 heteroatoms. The van der Waals surface area contributed by atoms with Gasteiger partial charge in [-0.05, 0) is 105 Å². The fourth-order valence-electron chi connectivity index (χ4n) is 6.31. The molecular formula is C41H59N11O6. The Balaban J connectivity index is 1.78. The molecule has 0 saturated heterocycles. The largest absolute Gasteiger partial charge is 0.508 e. The number of amides is 5. The van der Waals surface area contributed by atoms with Crippen LogP contribution in [-0.2, 0) is 32.0 Å². The number of aryl methyl sites for hydroxylation is 2. The number of carbonyl (C=O) groups excluding carboxylic acids is 5. The zero-order valence-corrected chi connectivity index (χ0v) is 33.3. The number of rotatable bonds is 23. The van der Waals surface area contributed by atoms with E-state index >= 15 is 0 Å². The SMILES string of the molecule is Cc1cc(O)cc(C)c1C[C@H](N)C(=O)N[C@H](CCCN=C(N)N)C(=O)N[C@@H](Cc1ccccc1)C(=O)N[C@@H](CCCCN)C(=O)NCCNC(=O)c1ccccc1N. The van der Waals surface area contributed by atoms with Crippen molar-refractivity contribution in [2.75, 3.05) is 31.9 Å². The molecule has 0 bridgehead atoms. The summed E-state index contributed by atoms with van der Waals surface area (Å²) in [7, 11) is 0. The van der Waals surface area contributed by atoms with Gasteiger partial charge in [0.1, 0.15) is 23.9 Å². The number of hydrogen-bond donors (Lipinski definition) is 11. The van der Waals surface area contributed by atoms with Gasteiger partial charge in [0.05, 0.1) is 11.6 Å². The molecule has 0 radical (unpaired) electrons. The fraction of sp³-hybridized carbons (Fsp3) is 0.415. The second-order valence-corrected chi connectivity index (χ2v) is 14.1. The van der Waals surface area contributed by atoms with Gasteiger partial charge in [0.15, 0.2) is 5.96 Å². The van der Waals surface area contributed by atoms with Crippen LogP contribution in [0, 0.1) is 13.8 Å². The molecule has 0 aliphatic rings. The van der Waals surface area contributed by atoms with Crippen LogP contribution in [0.25, 0.3) is 0 Å². The summed E-state index contributed by atoms with van der Waals surface area (Å²) in [6.07, 6.45) is 2.02. The first-order chi connectivity index (χ1) is 27.7. The molecule has 3 aromatic rings. The van der Waals surface area contributed by atoms with E-state index in [1.165, 1.54) is 0 Å². The lowest BCUT2D eigenvalue weighted by atomic mass is 9.95. The lowest BCUT2D eigenvalue weighted by Crippen LogP contribution is -2.58. The molecule has 3 rings (SSSR count). The number of nitrogens with two attached hydrogens (primary N) is 5. The Kier molecular flexibility index (Phi) is 18.9. The number of carbonyl (C=O) groups is 5. The smallest absolute Gasteiger partial charge is 0.253 e. The van der Waals surface area contributed by atoms with E-state index in [1.54, 1.807) is 74.5 Å². The van der Waals surface area contributed by atoms with Crippen molar-refractivity contribution < 1.29 is 29.1 Å². The number of phenolic OH excluding ortho intramolecular Hbond substituents is 1. The number of nitrogens with zero attached hydrogens (tertiary/aromatic N) is 1. The van der Waals surface area contributed by atoms with Crippen molar-refractivity contribution >= 4 is 41.2 Å². The fourth-order valence-corrected chi connectivity index (χ4v) is 6.31. The summed E-state index contributed by atoms with van der Waals surface area (Å²) in [5, 5.41) is 23.8. The summed E-state index contributed by atoms with van der Waals surface area (Å²) in [5.41, 5.74) is 32.6. The molecule has 0 aromatic heterocycles. The third kappa shape index (κ3) is 15.4. The first-order valence-electron chi connectivity index (χ1n) is 19.4. The van der Waals surface area contributed by atoms with Gasteiger partial charge < -0.3 is 60.4 Å². The van der Waals surface area contributed by atoms with Crippen LogP contribution in [0.1, 0.15) is 64.7 Å². The van der Waals surface area contributed by atoms with E-state index in [2.05, 4.69) is 31.6 Å². The van der Waals surface area contributed by atoms with Crippen LogP contribution in [0.2, 0.25) is 0 Å². The standard InChI is InChI=1S/C41H59N11O6/c1-25-21-28(53)22-26(2)30(25)24-32(44)37(55)50-34(16-10-18-49-41(45)46)39(57)52-35(23-27-11-4-3-5-12-27)40(58)51-33(15-8-9-17-42)38(56)48-20-19-47-36(54)29-13-6-7-14-31(29)43/h3-7,11-14,21-22,32-35,53H,8-10,15-20,23-24,42-44H2,1-2H3,(H,47,54)(H,48,56)(H,50,55)(H,51,58)(H,52,57)(H4,45,46,49)/t32-,33-,34+,35-/m0/s1. The Bertz CT molecular complexity index is 1850. The minimum Gasteiger partial charge on any atom is -0.508 e. The number of phenols is 1. The normalized spacial score (nSPS) is 12.9. The van der Waals surface area contributed by atoms with Gasteiger partial charge in [-0.15, -0.1) is 0 Å². The predicted molar refractivity (Wildman–Crippen MR) is 224 cm³/mol. The maximum atomic E-state index is 14.0. The molecule has 4 atom stereocenters. The molecular weight excluding hydrogens is 743 g/mol. The predicted octanol–water partition coefficient (Wildman–Crippen LogP) is -0.113. The average Bonchev–Trinajstić information content (AvgIpc) is 3.18. The van der Waals surface area contributed by atoms with Crippen LogP contribution in [0.15, 0.2) is 71.7 Å². The molecule has 0 aliphatic heterocycles. The highest BCUT2D eigenvalue weighted by Gasteiger charge is 2.31. The zero-order chi connectivity index (χ0) is 42.6. The van der Waals surface area contributed by atoms with E-state index in [4.69, 9.17) is 28.7 Å². The van der Waals surface area contributed by atoms with Gasteiger partial charge in [0.25, 0.3) is 5.91 Å². The number of anilines is 1. The third-order valence-corrected chi connectivity index (χ3v) is 9.43. The molecule has 0 spiro atoms. The van der Waals surface area contributed by atoms with Crippen LogP contribution in [0.4, 0.5) is 5.69 Å². The number of nitrogens with one attached hydrogen (secondary N) is 5. The van der Waals surface area contributed by atoms with Gasteiger partial charge in [-0.25, -0.2) is 0 Å². The number of aromatic hydroxyl groups is 1. The van der Waals surface area contributed by atoms with Crippen molar-refractivity contribution in [3.63, 3.8) is 0 Å². The van der Waals surface area contributed by atoms with Gasteiger partial charge in [0, 0.05) is 31.7 Å². The molecule has 3 aromatic carbocycles. The second kappa shape index (κ2) is 23.8. The molecule has 5 amide bonds. The summed E-state index contributed by atoms with van der Waals surface area (Å²) in [5.74, 6) is -2.79. The monoisotopic (exact) mass is 801 g/mol. The van der Waals surface area contributed by atoms with Crippen molar-refractivity contribution in [3.05, 3.63) is 94.5 Å². The minimum atomic E-state index is -1.16. The third-order valence-electron chi connectivity index (χ3n) is 9.43. The van der Waals surface area contributed by atoms with E-state index in [-0.39, 0.29) is 57.0 Å². The Labute approximate surface area is 339 Å². The van der Waals surface area contributed by atoms with E-state index in [0.717, 1.165) is 22.3 Å². The molecule has 16 N–H and O–H groups in total. The van der Waals surface area contributed by atoms with Crippen molar-refractivity contribution in [1.29, 1.82) is 0 Å². The van der Waals surface area contributed by atoms with Gasteiger partial charge in [-0.1, -0.05) is 42.5 Å². The summed E-state index contributed by atoms with van der Waals surface area (Å²) >= 11 is 0. The minimum absolute atomic E-state index is 0.0672. The van der Waals surface area contributed by atoms with E-state index in [9.17, 15) is 29.1 Å². The molecule has 0 heterocycles. The Hall–Kier alpha value is -6.20. The highest BCUT2D eigenvalue weighted by atomic mass is 16.3. The first kappa shape index (κ1) is 46.2.